The first-order valence-corrected chi connectivity index (χ1v) is 12.9. The number of hydrogen-bond donors (Lipinski definition) is 0. The highest BCUT2D eigenvalue weighted by Gasteiger charge is 2.28. The largest absolute Gasteiger partial charge is 0.348 e. The summed E-state index contributed by atoms with van der Waals surface area (Å²) in [7, 11) is 5.43. The zero-order valence-corrected chi connectivity index (χ0v) is 21.0. The quantitative estimate of drug-likeness (QED) is 0.155. The van der Waals surface area contributed by atoms with Crippen LogP contribution in [-0.4, -0.2) is 21.1 Å². The first-order valence-electron chi connectivity index (χ1n) is 12.9. The Labute approximate surface area is 217 Å². The smallest absolute Gasteiger partial charge is 0.186 e. The van der Waals surface area contributed by atoms with Gasteiger partial charge in [-0.25, -0.2) is 17.6 Å². The Morgan fingerprint density at radius 3 is 1.86 bits per heavy atom. The van der Waals surface area contributed by atoms with E-state index in [1.807, 2.05) is 0 Å². The highest BCUT2D eigenvalue weighted by molar-refractivity contribution is 6.08. The van der Waals surface area contributed by atoms with Gasteiger partial charge in [-0.1, -0.05) is 93.9 Å². The number of unbranched alkanes of at least 4 members (excludes halogenated alkanes) is 4. The fraction of sp³-hybridized carbons (Fsp3) is 0.400. The first kappa shape index (κ1) is 27.4. The van der Waals surface area contributed by atoms with Gasteiger partial charge in [-0.05, 0) is 23.1 Å². The molecule has 0 spiro atoms. The molecule has 0 saturated carbocycles. The standard InChI is InChI=1S/C30H31BF4O2/c1-2-3-4-5-6-7-19-17-36-30(37-18-19)25-15-14-24(28(34)29(25)35)21-10-8-20(9-11-21)23-13-12-22(16-31)26(32)27(23)33/h8-15,19,30H,2-7,16-18H2,1H3. The average molecular weight is 510 g/mol. The van der Waals surface area contributed by atoms with Crippen LogP contribution in [0.2, 0.25) is 0 Å². The minimum absolute atomic E-state index is 0.0248. The maximum Gasteiger partial charge on any atom is 0.186 e. The summed E-state index contributed by atoms with van der Waals surface area (Å²) in [5, 5.41) is 0. The Bertz CT molecular complexity index is 1190. The molecule has 3 aromatic carbocycles. The maximum absolute atomic E-state index is 15.1. The molecule has 0 N–H and O–H groups in total. The number of rotatable bonds is 10. The summed E-state index contributed by atoms with van der Waals surface area (Å²) in [5.41, 5.74) is 1.04. The molecule has 1 fully saturated rings. The van der Waals surface area contributed by atoms with Gasteiger partial charge in [0.1, 0.15) is 0 Å². The van der Waals surface area contributed by atoms with Crippen molar-refractivity contribution < 1.29 is 27.0 Å². The fourth-order valence-electron chi connectivity index (χ4n) is 4.69. The van der Waals surface area contributed by atoms with Crippen LogP contribution in [0.3, 0.4) is 0 Å². The number of halogens is 4. The minimum Gasteiger partial charge on any atom is -0.348 e. The number of hydrogen-bond acceptors (Lipinski definition) is 2. The van der Waals surface area contributed by atoms with Gasteiger partial charge in [-0.15, -0.1) is 0 Å². The van der Waals surface area contributed by atoms with Crippen molar-refractivity contribution in [3.05, 3.63) is 82.9 Å². The van der Waals surface area contributed by atoms with Crippen LogP contribution in [0.5, 0.6) is 0 Å². The number of benzene rings is 3. The molecule has 194 valence electrons. The second-order valence-electron chi connectivity index (χ2n) is 9.58. The van der Waals surface area contributed by atoms with E-state index in [9.17, 15) is 8.78 Å². The summed E-state index contributed by atoms with van der Waals surface area (Å²) in [6.07, 6.45) is 5.90. The lowest BCUT2D eigenvalue weighted by atomic mass is 9.93. The van der Waals surface area contributed by atoms with Crippen LogP contribution in [0.25, 0.3) is 22.3 Å². The van der Waals surface area contributed by atoms with Crippen LogP contribution < -0.4 is 0 Å². The molecule has 7 heteroatoms. The van der Waals surface area contributed by atoms with Crippen molar-refractivity contribution in [2.45, 2.75) is 58.1 Å². The van der Waals surface area contributed by atoms with Gasteiger partial charge < -0.3 is 9.47 Å². The highest BCUT2D eigenvalue weighted by Crippen LogP contribution is 2.35. The summed E-state index contributed by atoms with van der Waals surface area (Å²) < 4.78 is 70.2. The van der Waals surface area contributed by atoms with Gasteiger partial charge in [-0.3, -0.25) is 0 Å². The summed E-state index contributed by atoms with van der Waals surface area (Å²) in [4.78, 5) is 0. The second kappa shape index (κ2) is 12.7. The van der Waals surface area contributed by atoms with Crippen molar-refractivity contribution in [2.75, 3.05) is 13.2 Å². The average Bonchev–Trinajstić information content (AvgIpc) is 2.92. The van der Waals surface area contributed by atoms with E-state index in [1.54, 1.807) is 12.1 Å². The van der Waals surface area contributed by atoms with Crippen molar-refractivity contribution in [1.82, 2.24) is 0 Å². The van der Waals surface area contributed by atoms with E-state index in [0.717, 1.165) is 12.8 Å². The Kier molecular flexibility index (Phi) is 9.44. The monoisotopic (exact) mass is 510 g/mol. The molecule has 1 heterocycles. The van der Waals surface area contributed by atoms with Gasteiger partial charge >= 0.3 is 0 Å². The van der Waals surface area contributed by atoms with Crippen LogP contribution in [0.15, 0.2) is 48.5 Å². The summed E-state index contributed by atoms with van der Waals surface area (Å²) >= 11 is 0. The summed E-state index contributed by atoms with van der Waals surface area (Å²) in [6, 6.07) is 12.0. The van der Waals surface area contributed by atoms with E-state index in [0.29, 0.717) is 24.3 Å². The van der Waals surface area contributed by atoms with Crippen molar-refractivity contribution in [1.29, 1.82) is 0 Å². The number of ether oxygens (including phenoxy) is 2. The molecular formula is C30H31BF4O2. The molecule has 2 radical (unpaired) electrons. The molecule has 0 aromatic heterocycles. The van der Waals surface area contributed by atoms with Crippen LogP contribution >= 0.6 is 0 Å². The van der Waals surface area contributed by atoms with Gasteiger partial charge in [-0.2, -0.15) is 0 Å². The van der Waals surface area contributed by atoms with Crippen molar-refractivity contribution in [3.8, 4) is 22.3 Å². The molecular weight excluding hydrogens is 479 g/mol. The van der Waals surface area contributed by atoms with Crippen molar-refractivity contribution in [2.24, 2.45) is 5.92 Å². The molecule has 0 amide bonds. The Morgan fingerprint density at radius 1 is 0.703 bits per heavy atom. The van der Waals surface area contributed by atoms with Crippen molar-refractivity contribution in [3.63, 3.8) is 0 Å². The van der Waals surface area contributed by atoms with Gasteiger partial charge in [0.15, 0.2) is 29.6 Å². The van der Waals surface area contributed by atoms with Crippen molar-refractivity contribution >= 4 is 7.85 Å². The molecule has 1 aliphatic rings. The topological polar surface area (TPSA) is 18.5 Å². The van der Waals surface area contributed by atoms with Gasteiger partial charge in [0.05, 0.1) is 21.1 Å². The third-order valence-corrected chi connectivity index (χ3v) is 6.94. The van der Waals surface area contributed by atoms with Gasteiger partial charge in [0.25, 0.3) is 0 Å². The first-order chi connectivity index (χ1) is 17.9. The summed E-state index contributed by atoms with van der Waals surface area (Å²) in [5.74, 6) is -3.76. The minimum atomic E-state index is -1.02. The Balaban J connectivity index is 1.43. The fourth-order valence-corrected chi connectivity index (χ4v) is 4.69. The van der Waals surface area contributed by atoms with Crippen LogP contribution in [-0.2, 0) is 15.8 Å². The molecule has 1 saturated heterocycles. The van der Waals surface area contributed by atoms with E-state index in [1.165, 1.54) is 62.1 Å². The predicted molar refractivity (Wildman–Crippen MR) is 138 cm³/mol. The molecule has 2 nitrogen and oxygen atoms in total. The maximum atomic E-state index is 15.1. The zero-order valence-electron chi connectivity index (χ0n) is 21.0. The van der Waals surface area contributed by atoms with Crippen LogP contribution in [0, 0.1) is 29.2 Å². The zero-order chi connectivity index (χ0) is 26.4. The molecule has 4 rings (SSSR count). The third kappa shape index (κ3) is 6.27. The molecule has 0 bridgehead atoms. The molecule has 0 unspecified atom stereocenters. The molecule has 0 aliphatic carbocycles. The SMILES string of the molecule is [B]Cc1ccc(-c2ccc(-c3ccc(C4OCC(CCCCCCC)CO4)c(F)c3F)cc2)c(F)c1F. The summed E-state index contributed by atoms with van der Waals surface area (Å²) in [6.45, 7) is 3.08. The predicted octanol–water partition coefficient (Wildman–Crippen LogP) is 8.27. The van der Waals surface area contributed by atoms with E-state index in [4.69, 9.17) is 17.3 Å². The van der Waals surface area contributed by atoms with E-state index in [2.05, 4.69) is 6.92 Å². The lowest BCUT2D eigenvalue weighted by Crippen LogP contribution is -2.27. The molecule has 1 aliphatic heterocycles. The van der Waals surface area contributed by atoms with Gasteiger partial charge in [0, 0.05) is 22.6 Å². The molecule has 0 atom stereocenters. The Morgan fingerprint density at radius 2 is 1.27 bits per heavy atom. The van der Waals surface area contributed by atoms with Gasteiger partial charge in [0.2, 0.25) is 0 Å². The Hall–Kier alpha value is -2.64. The van der Waals surface area contributed by atoms with Crippen LogP contribution in [0.1, 0.15) is 62.9 Å². The third-order valence-electron chi connectivity index (χ3n) is 6.94. The second-order valence-corrected chi connectivity index (χ2v) is 9.58. The van der Waals surface area contributed by atoms with E-state index < -0.39 is 29.6 Å². The highest BCUT2D eigenvalue weighted by atomic mass is 19.2. The normalized spacial score (nSPS) is 17.8. The van der Waals surface area contributed by atoms with E-state index in [-0.39, 0.29) is 34.5 Å². The van der Waals surface area contributed by atoms with E-state index >= 15 is 8.78 Å². The molecule has 3 aromatic rings. The lowest BCUT2D eigenvalue weighted by Gasteiger charge is -2.30. The lowest BCUT2D eigenvalue weighted by molar-refractivity contribution is -0.207. The van der Waals surface area contributed by atoms with Crippen LogP contribution in [0.4, 0.5) is 17.6 Å². The molecule has 37 heavy (non-hydrogen) atoms.